The lowest BCUT2D eigenvalue weighted by atomic mass is 10.1. The van der Waals surface area contributed by atoms with Gasteiger partial charge in [0.05, 0.1) is 17.2 Å². The van der Waals surface area contributed by atoms with Crippen molar-refractivity contribution in [1.82, 2.24) is 19.9 Å². The van der Waals surface area contributed by atoms with Gasteiger partial charge in [-0.05, 0) is 14.0 Å². The number of aryl methyl sites for hydroxylation is 1. The third-order valence-corrected chi connectivity index (χ3v) is 3.29. The number of hydrogen-bond acceptors (Lipinski definition) is 4. The summed E-state index contributed by atoms with van der Waals surface area (Å²) in [6.07, 6.45) is 4.75. The van der Waals surface area contributed by atoms with Crippen molar-refractivity contribution < 1.29 is 0 Å². The van der Waals surface area contributed by atoms with Crippen molar-refractivity contribution >= 4 is 11.3 Å². The summed E-state index contributed by atoms with van der Waals surface area (Å²) in [5, 5.41) is 5.37. The standard InChI is InChI=1S/C11H16N4S/c1-3-15-5-4-13-11(15)6-9(12-2)10-7-16-8-14-10/h4-5,7-9,12H,3,6H2,1-2H3. The first-order valence-corrected chi connectivity index (χ1v) is 6.34. The van der Waals surface area contributed by atoms with Crippen molar-refractivity contribution in [3.05, 3.63) is 34.8 Å². The van der Waals surface area contributed by atoms with E-state index in [9.17, 15) is 0 Å². The molecule has 4 nitrogen and oxygen atoms in total. The molecule has 0 aromatic carbocycles. The fraction of sp³-hybridized carbons (Fsp3) is 0.455. The molecular formula is C11H16N4S. The molecule has 0 aliphatic heterocycles. The Balaban J connectivity index is 2.13. The number of nitrogens with zero attached hydrogens (tertiary/aromatic N) is 3. The molecule has 0 aliphatic rings. The first kappa shape index (κ1) is 11.3. The second kappa shape index (κ2) is 5.23. The summed E-state index contributed by atoms with van der Waals surface area (Å²) in [6.45, 7) is 3.09. The number of imidazole rings is 1. The lowest BCUT2D eigenvalue weighted by Crippen LogP contribution is -2.21. The van der Waals surface area contributed by atoms with Crippen LogP contribution in [0.15, 0.2) is 23.3 Å². The van der Waals surface area contributed by atoms with Crippen LogP contribution in [-0.4, -0.2) is 21.6 Å². The van der Waals surface area contributed by atoms with Gasteiger partial charge in [0.2, 0.25) is 0 Å². The Labute approximate surface area is 99.4 Å². The van der Waals surface area contributed by atoms with Gasteiger partial charge in [-0.3, -0.25) is 0 Å². The van der Waals surface area contributed by atoms with Crippen molar-refractivity contribution in [1.29, 1.82) is 0 Å². The van der Waals surface area contributed by atoms with Crippen molar-refractivity contribution in [3.63, 3.8) is 0 Å². The Kier molecular flexibility index (Phi) is 3.69. The van der Waals surface area contributed by atoms with E-state index in [1.54, 1.807) is 11.3 Å². The fourth-order valence-electron chi connectivity index (χ4n) is 1.75. The maximum Gasteiger partial charge on any atom is 0.110 e. The largest absolute Gasteiger partial charge is 0.335 e. The van der Waals surface area contributed by atoms with Crippen LogP contribution in [-0.2, 0) is 13.0 Å². The highest BCUT2D eigenvalue weighted by Gasteiger charge is 2.14. The van der Waals surface area contributed by atoms with Crippen molar-refractivity contribution in [2.45, 2.75) is 25.9 Å². The summed E-state index contributed by atoms with van der Waals surface area (Å²) >= 11 is 1.63. The molecular weight excluding hydrogens is 220 g/mol. The summed E-state index contributed by atoms with van der Waals surface area (Å²) < 4.78 is 2.16. The first-order valence-electron chi connectivity index (χ1n) is 5.40. The Hall–Kier alpha value is -1.20. The van der Waals surface area contributed by atoms with Crippen LogP contribution < -0.4 is 5.32 Å². The van der Waals surface area contributed by atoms with Gasteiger partial charge in [-0.15, -0.1) is 11.3 Å². The highest BCUT2D eigenvalue weighted by molar-refractivity contribution is 7.07. The lowest BCUT2D eigenvalue weighted by molar-refractivity contribution is 0.543. The molecule has 0 radical (unpaired) electrons. The van der Waals surface area contributed by atoms with Crippen LogP contribution in [0.4, 0.5) is 0 Å². The van der Waals surface area contributed by atoms with E-state index >= 15 is 0 Å². The van der Waals surface area contributed by atoms with E-state index in [1.807, 2.05) is 25.0 Å². The maximum absolute atomic E-state index is 4.38. The van der Waals surface area contributed by atoms with Crippen LogP contribution in [0.25, 0.3) is 0 Å². The monoisotopic (exact) mass is 236 g/mol. The number of rotatable bonds is 5. The van der Waals surface area contributed by atoms with E-state index in [0.717, 1.165) is 24.5 Å². The Morgan fingerprint density at radius 3 is 3.00 bits per heavy atom. The summed E-state index contributed by atoms with van der Waals surface area (Å²) in [7, 11) is 1.96. The molecule has 0 saturated heterocycles. The number of nitrogens with one attached hydrogen (secondary N) is 1. The van der Waals surface area contributed by atoms with E-state index in [-0.39, 0.29) is 6.04 Å². The molecule has 2 aromatic heterocycles. The molecule has 0 amide bonds. The SMILES string of the molecule is CCn1ccnc1CC(NC)c1cscn1. The average molecular weight is 236 g/mol. The van der Waals surface area contributed by atoms with Crippen molar-refractivity contribution in [2.24, 2.45) is 0 Å². The summed E-state index contributed by atoms with van der Waals surface area (Å²) in [5.41, 5.74) is 2.96. The number of hydrogen-bond donors (Lipinski definition) is 1. The van der Waals surface area contributed by atoms with Crippen LogP contribution >= 0.6 is 11.3 Å². The second-order valence-electron chi connectivity index (χ2n) is 3.59. The van der Waals surface area contributed by atoms with Gasteiger partial charge in [-0.2, -0.15) is 0 Å². The highest BCUT2D eigenvalue weighted by Crippen LogP contribution is 2.17. The Morgan fingerprint density at radius 1 is 1.50 bits per heavy atom. The average Bonchev–Trinajstić information content (AvgIpc) is 2.96. The molecule has 0 fully saturated rings. The van der Waals surface area contributed by atoms with Gasteiger partial charge in [0.15, 0.2) is 0 Å². The third kappa shape index (κ3) is 2.31. The lowest BCUT2D eigenvalue weighted by Gasteiger charge is -2.14. The van der Waals surface area contributed by atoms with Gasteiger partial charge < -0.3 is 9.88 Å². The minimum Gasteiger partial charge on any atom is -0.335 e. The van der Waals surface area contributed by atoms with E-state index in [2.05, 4.69) is 32.2 Å². The molecule has 2 heterocycles. The van der Waals surface area contributed by atoms with E-state index < -0.39 is 0 Å². The van der Waals surface area contributed by atoms with E-state index in [0.29, 0.717) is 0 Å². The molecule has 86 valence electrons. The summed E-state index contributed by atoms with van der Waals surface area (Å²) in [6, 6.07) is 0.249. The van der Waals surface area contributed by atoms with Gasteiger partial charge in [0, 0.05) is 30.7 Å². The fourth-order valence-corrected chi connectivity index (χ4v) is 2.36. The number of likely N-dealkylation sites (N-methyl/N-ethyl adjacent to an activating group) is 1. The summed E-state index contributed by atoms with van der Waals surface area (Å²) in [5.74, 6) is 1.11. The van der Waals surface area contributed by atoms with Crippen molar-refractivity contribution in [3.8, 4) is 0 Å². The highest BCUT2D eigenvalue weighted by atomic mass is 32.1. The molecule has 2 aromatic rings. The number of aromatic nitrogens is 3. The minimum absolute atomic E-state index is 0.249. The van der Waals surface area contributed by atoms with Gasteiger partial charge in [-0.1, -0.05) is 0 Å². The van der Waals surface area contributed by atoms with Gasteiger partial charge in [0.1, 0.15) is 5.82 Å². The molecule has 1 unspecified atom stereocenters. The normalized spacial score (nSPS) is 12.9. The smallest absolute Gasteiger partial charge is 0.110 e. The molecule has 5 heteroatoms. The molecule has 0 saturated carbocycles. The zero-order valence-electron chi connectivity index (χ0n) is 9.55. The third-order valence-electron chi connectivity index (χ3n) is 2.69. The van der Waals surface area contributed by atoms with E-state index in [1.165, 1.54) is 0 Å². The molecule has 0 aliphatic carbocycles. The molecule has 0 spiro atoms. The molecule has 16 heavy (non-hydrogen) atoms. The van der Waals surface area contributed by atoms with Crippen LogP contribution in [0.3, 0.4) is 0 Å². The number of thiazole rings is 1. The van der Waals surface area contributed by atoms with Gasteiger partial charge in [0.25, 0.3) is 0 Å². The minimum atomic E-state index is 0.249. The van der Waals surface area contributed by atoms with Crippen LogP contribution in [0.1, 0.15) is 24.5 Å². The zero-order chi connectivity index (χ0) is 11.4. The van der Waals surface area contributed by atoms with Crippen molar-refractivity contribution in [2.75, 3.05) is 7.05 Å². The maximum atomic E-state index is 4.38. The molecule has 2 rings (SSSR count). The Bertz CT molecular complexity index is 421. The summed E-state index contributed by atoms with van der Waals surface area (Å²) in [4.78, 5) is 8.73. The topological polar surface area (TPSA) is 42.7 Å². The van der Waals surface area contributed by atoms with Crippen LogP contribution in [0.5, 0.6) is 0 Å². The molecule has 0 bridgehead atoms. The molecule has 1 N–H and O–H groups in total. The quantitative estimate of drug-likeness (QED) is 0.861. The van der Waals surface area contributed by atoms with Gasteiger partial charge >= 0.3 is 0 Å². The Morgan fingerprint density at radius 2 is 2.38 bits per heavy atom. The van der Waals surface area contributed by atoms with Crippen LogP contribution in [0.2, 0.25) is 0 Å². The van der Waals surface area contributed by atoms with Crippen LogP contribution in [0, 0.1) is 0 Å². The predicted molar refractivity (Wildman–Crippen MR) is 65.5 cm³/mol. The second-order valence-corrected chi connectivity index (χ2v) is 4.31. The molecule has 1 atom stereocenters. The predicted octanol–water partition coefficient (Wildman–Crippen LogP) is 1.86. The first-order chi connectivity index (χ1) is 7.85. The van der Waals surface area contributed by atoms with Gasteiger partial charge in [-0.25, -0.2) is 9.97 Å². The van der Waals surface area contributed by atoms with E-state index in [4.69, 9.17) is 0 Å². The zero-order valence-corrected chi connectivity index (χ0v) is 10.4.